The van der Waals surface area contributed by atoms with Crippen LogP contribution in [0, 0.1) is 17.0 Å². The van der Waals surface area contributed by atoms with Gasteiger partial charge in [0.25, 0.3) is 16.8 Å². The molecule has 8 nitrogen and oxygen atoms in total. The second-order valence-corrected chi connectivity index (χ2v) is 8.83. The topological polar surface area (TPSA) is 99.0 Å². The fraction of sp³-hybridized carbons (Fsp3) is 0.154. The molecule has 0 bridgehead atoms. The van der Waals surface area contributed by atoms with Crippen LogP contribution >= 0.6 is 11.8 Å². The maximum Gasteiger partial charge on any atom is 0.293 e. The summed E-state index contributed by atoms with van der Waals surface area (Å²) in [6, 6.07) is 19.3. The number of benzene rings is 3. The van der Waals surface area contributed by atoms with Gasteiger partial charge in [-0.2, -0.15) is 0 Å². The summed E-state index contributed by atoms with van der Waals surface area (Å²) >= 11 is 0.793. The Morgan fingerprint density at radius 2 is 1.83 bits per heavy atom. The molecular formula is C26H22N2O6S. The van der Waals surface area contributed by atoms with E-state index in [1.54, 1.807) is 30.3 Å². The van der Waals surface area contributed by atoms with Crippen molar-refractivity contribution in [1.29, 1.82) is 0 Å². The number of methoxy groups -OCH3 is 1. The number of amides is 2. The van der Waals surface area contributed by atoms with Crippen LogP contribution in [0.15, 0.2) is 71.6 Å². The van der Waals surface area contributed by atoms with Crippen molar-refractivity contribution in [2.24, 2.45) is 0 Å². The number of rotatable bonds is 8. The molecule has 1 heterocycles. The lowest BCUT2D eigenvalue weighted by Gasteiger charge is -2.13. The van der Waals surface area contributed by atoms with Crippen LogP contribution < -0.4 is 9.47 Å². The molecule has 1 aliphatic heterocycles. The van der Waals surface area contributed by atoms with E-state index in [0.29, 0.717) is 23.7 Å². The van der Waals surface area contributed by atoms with E-state index >= 15 is 0 Å². The predicted octanol–water partition coefficient (Wildman–Crippen LogP) is 5.73. The number of thioether (sulfide) groups is 1. The smallest absolute Gasteiger partial charge is 0.293 e. The normalized spacial score (nSPS) is 14.5. The summed E-state index contributed by atoms with van der Waals surface area (Å²) in [6.45, 7) is 2.22. The van der Waals surface area contributed by atoms with E-state index in [-0.39, 0.29) is 22.7 Å². The number of nitro benzene ring substituents is 1. The molecule has 0 aromatic heterocycles. The van der Waals surface area contributed by atoms with Gasteiger partial charge in [-0.05, 0) is 48.0 Å². The minimum atomic E-state index is -0.529. The first-order valence-corrected chi connectivity index (χ1v) is 11.5. The highest BCUT2D eigenvalue weighted by Gasteiger charge is 2.36. The molecule has 3 aromatic carbocycles. The third-order valence-corrected chi connectivity index (χ3v) is 6.26. The zero-order valence-electron chi connectivity index (χ0n) is 19.1. The maximum absolute atomic E-state index is 12.9. The van der Waals surface area contributed by atoms with Crippen LogP contribution in [0.25, 0.3) is 6.08 Å². The lowest BCUT2D eigenvalue weighted by atomic mass is 10.1. The van der Waals surface area contributed by atoms with Gasteiger partial charge in [0, 0.05) is 11.6 Å². The van der Waals surface area contributed by atoms with Crippen molar-refractivity contribution in [3.8, 4) is 11.5 Å². The van der Waals surface area contributed by atoms with Gasteiger partial charge in [0.1, 0.15) is 6.61 Å². The number of nitrogens with zero attached hydrogens (tertiary/aromatic N) is 2. The van der Waals surface area contributed by atoms with Crippen molar-refractivity contribution < 1.29 is 24.0 Å². The molecule has 0 unspecified atom stereocenters. The third kappa shape index (κ3) is 5.52. The van der Waals surface area contributed by atoms with Crippen molar-refractivity contribution in [1.82, 2.24) is 4.90 Å². The standard InChI is InChI=1S/C26H22N2O6S/c1-17-6-5-7-19(12-17)16-34-22-11-10-18(13-23(22)33-2)14-24-25(29)27(26(30)35-24)15-20-8-3-4-9-21(20)28(31)32/h3-14H,15-16H2,1-2H3/b24-14-. The first-order valence-electron chi connectivity index (χ1n) is 10.7. The zero-order chi connectivity index (χ0) is 24.9. The van der Waals surface area contributed by atoms with Crippen LogP contribution in [0.3, 0.4) is 0 Å². The van der Waals surface area contributed by atoms with Gasteiger partial charge < -0.3 is 9.47 Å². The Morgan fingerprint density at radius 1 is 1.03 bits per heavy atom. The Hall–Kier alpha value is -4.11. The van der Waals surface area contributed by atoms with Crippen molar-refractivity contribution in [3.05, 3.63) is 104 Å². The molecular weight excluding hydrogens is 468 g/mol. The van der Waals surface area contributed by atoms with Crippen LogP contribution in [-0.4, -0.2) is 28.1 Å². The second kappa shape index (κ2) is 10.4. The molecule has 1 saturated heterocycles. The number of nitro groups is 1. The van der Waals surface area contributed by atoms with E-state index in [2.05, 4.69) is 0 Å². The average Bonchev–Trinajstić information content (AvgIpc) is 3.10. The minimum absolute atomic E-state index is 0.137. The number of imide groups is 1. The highest BCUT2D eigenvalue weighted by molar-refractivity contribution is 8.18. The largest absolute Gasteiger partial charge is 0.493 e. The number of carbonyl (C=O) groups is 2. The van der Waals surface area contributed by atoms with Gasteiger partial charge in [0.2, 0.25) is 0 Å². The van der Waals surface area contributed by atoms with Gasteiger partial charge in [-0.15, -0.1) is 0 Å². The molecule has 0 radical (unpaired) electrons. The van der Waals surface area contributed by atoms with Crippen LogP contribution in [0.2, 0.25) is 0 Å². The lowest BCUT2D eigenvalue weighted by molar-refractivity contribution is -0.385. The average molecular weight is 491 g/mol. The van der Waals surface area contributed by atoms with Crippen molar-refractivity contribution in [2.45, 2.75) is 20.1 Å². The Labute approximate surface area is 206 Å². The third-order valence-electron chi connectivity index (χ3n) is 5.35. The number of ether oxygens (including phenoxy) is 2. The Balaban J connectivity index is 1.50. The summed E-state index contributed by atoms with van der Waals surface area (Å²) in [5, 5.41) is 10.8. The molecule has 0 saturated carbocycles. The number of hydrogen-bond donors (Lipinski definition) is 0. The monoisotopic (exact) mass is 490 g/mol. The summed E-state index contributed by atoms with van der Waals surface area (Å²) in [7, 11) is 1.53. The van der Waals surface area contributed by atoms with Crippen molar-refractivity contribution in [2.75, 3.05) is 7.11 Å². The van der Waals surface area contributed by atoms with Crippen LogP contribution in [0.5, 0.6) is 11.5 Å². The fourth-order valence-corrected chi connectivity index (χ4v) is 4.48. The highest BCUT2D eigenvalue weighted by atomic mass is 32.2. The fourth-order valence-electron chi connectivity index (χ4n) is 3.64. The molecule has 2 amide bonds. The summed E-state index contributed by atoms with van der Waals surface area (Å²) in [5.41, 5.74) is 2.98. The number of hydrogen-bond acceptors (Lipinski definition) is 7. The van der Waals surface area contributed by atoms with E-state index in [1.807, 2.05) is 31.2 Å². The van der Waals surface area contributed by atoms with Gasteiger partial charge in [-0.3, -0.25) is 24.6 Å². The molecule has 0 aliphatic carbocycles. The van der Waals surface area contributed by atoms with Crippen molar-refractivity contribution >= 4 is 34.7 Å². The van der Waals surface area contributed by atoms with E-state index < -0.39 is 16.1 Å². The molecule has 0 N–H and O–H groups in total. The maximum atomic E-state index is 12.9. The predicted molar refractivity (Wildman–Crippen MR) is 133 cm³/mol. The molecule has 1 fully saturated rings. The van der Waals surface area contributed by atoms with E-state index in [0.717, 1.165) is 27.8 Å². The number of aryl methyl sites for hydroxylation is 1. The first kappa shape index (κ1) is 24.0. The van der Waals surface area contributed by atoms with Crippen LogP contribution in [-0.2, 0) is 17.9 Å². The molecule has 4 rings (SSSR count). The van der Waals surface area contributed by atoms with Crippen LogP contribution in [0.4, 0.5) is 10.5 Å². The van der Waals surface area contributed by atoms with Gasteiger partial charge in [0.15, 0.2) is 11.5 Å². The van der Waals surface area contributed by atoms with Gasteiger partial charge in [0.05, 0.1) is 23.5 Å². The Bertz CT molecular complexity index is 1340. The van der Waals surface area contributed by atoms with E-state index in [1.165, 1.54) is 25.3 Å². The zero-order valence-corrected chi connectivity index (χ0v) is 19.9. The molecule has 9 heteroatoms. The van der Waals surface area contributed by atoms with E-state index in [9.17, 15) is 19.7 Å². The second-order valence-electron chi connectivity index (χ2n) is 7.84. The van der Waals surface area contributed by atoms with E-state index in [4.69, 9.17) is 9.47 Å². The summed E-state index contributed by atoms with van der Waals surface area (Å²) in [5.74, 6) is 0.540. The first-order chi connectivity index (χ1) is 16.9. The lowest BCUT2D eigenvalue weighted by Crippen LogP contribution is -2.27. The molecule has 0 spiro atoms. The van der Waals surface area contributed by atoms with Gasteiger partial charge in [-0.25, -0.2) is 0 Å². The highest BCUT2D eigenvalue weighted by Crippen LogP contribution is 2.36. The molecule has 35 heavy (non-hydrogen) atoms. The Kier molecular flexibility index (Phi) is 7.17. The Morgan fingerprint density at radius 3 is 2.57 bits per heavy atom. The van der Waals surface area contributed by atoms with Gasteiger partial charge >= 0.3 is 0 Å². The minimum Gasteiger partial charge on any atom is -0.493 e. The quantitative estimate of drug-likeness (QED) is 0.226. The van der Waals surface area contributed by atoms with Crippen molar-refractivity contribution in [3.63, 3.8) is 0 Å². The molecule has 3 aromatic rings. The summed E-state index contributed by atoms with van der Waals surface area (Å²) < 4.78 is 11.4. The van der Waals surface area contributed by atoms with Crippen LogP contribution in [0.1, 0.15) is 22.3 Å². The summed E-state index contributed by atoms with van der Waals surface area (Å²) in [6.07, 6.45) is 1.59. The van der Waals surface area contributed by atoms with Gasteiger partial charge in [-0.1, -0.05) is 54.1 Å². The number of carbonyl (C=O) groups excluding carboxylic acids is 2. The molecule has 0 atom stereocenters. The summed E-state index contributed by atoms with van der Waals surface area (Å²) in [4.78, 5) is 37.4. The molecule has 1 aliphatic rings. The number of para-hydroxylation sites is 1. The molecule has 178 valence electrons. The SMILES string of the molecule is COc1cc(/C=C2\SC(=O)N(Cc3ccccc3[N+](=O)[O-])C2=O)ccc1OCc1cccc(C)c1.